The molecule has 1 aliphatic rings. The lowest BCUT2D eigenvalue weighted by Gasteiger charge is -2.30. The fourth-order valence-corrected chi connectivity index (χ4v) is 3.28. The molecular weight excluding hydrogens is 340 g/mol. The van der Waals surface area contributed by atoms with Crippen molar-refractivity contribution in [2.75, 3.05) is 43.6 Å². The summed E-state index contributed by atoms with van der Waals surface area (Å²) >= 11 is 0. The second-order valence-electron chi connectivity index (χ2n) is 6.72. The highest BCUT2D eigenvalue weighted by molar-refractivity contribution is 5.94. The maximum absolute atomic E-state index is 12.4. The number of methoxy groups -OCH3 is 1. The van der Waals surface area contributed by atoms with Crippen LogP contribution in [0.5, 0.6) is 5.75 Å². The number of benzene rings is 2. The third-order valence-electron chi connectivity index (χ3n) is 4.81. The van der Waals surface area contributed by atoms with E-state index in [1.165, 1.54) is 5.56 Å². The van der Waals surface area contributed by atoms with E-state index >= 15 is 0 Å². The third kappa shape index (κ3) is 5.73. The van der Waals surface area contributed by atoms with Crippen molar-refractivity contribution in [2.45, 2.75) is 25.7 Å². The topological polar surface area (TPSA) is 50.8 Å². The van der Waals surface area contributed by atoms with Crippen LogP contribution in [-0.2, 0) is 16.0 Å². The van der Waals surface area contributed by atoms with Crippen LogP contribution in [0.1, 0.15) is 24.8 Å². The van der Waals surface area contributed by atoms with E-state index in [0.29, 0.717) is 6.42 Å². The number of morpholine rings is 1. The molecule has 0 bridgehead atoms. The van der Waals surface area contributed by atoms with E-state index < -0.39 is 0 Å². The van der Waals surface area contributed by atoms with E-state index in [0.717, 1.165) is 62.7 Å². The molecule has 2 aromatic rings. The monoisotopic (exact) mass is 368 g/mol. The number of hydrogen-bond acceptors (Lipinski definition) is 4. The Bertz CT molecular complexity index is 725. The molecule has 5 heteroatoms. The summed E-state index contributed by atoms with van der Waals surface area (Å²) in [5.74, 6) is 0.947. The fourth-order valence-electron chi connectivity index (χ4n) is 3.28. The zero-order valence-electron chi connectivity index (χ0n) is 15.9. The van der Waals surface area contributed by atoms with E-state index in [9.17, 15) is 4.79 Å². The van der Waals surface area contributed by atoms with Crippen LogP contribution in [0, 0.1) is 0 Å². The van der Waals surface area contributed by atoms with Crippen LogP contribution in [-0.4, -0.2) is 39.3 Å². The first kappa shape index (κ1) is 19.2. The number of carbonyl (C=O) groups excluding carboxylic acids is 1. The summed E-state index contributed by atoms with van der Waals surface area (Å²) in [6.45, 7) is 3.17. The van der Waals surface area contributed by atoms with Gasteiger partial charge in [-0.25, -0.2) is 0 Å². The van der Waals surface area contributed by atoms with Gasteiger partial charge in [-0.1, -0.05) is 24.3 Å². The van der Waals surface area contributed by atoms with E-state index in [1.54, 1.807) is 7.11 Å². The predicted molar refractivity (Wildman–Crippen MR) is 109 cm³/mol. The van der Waals surface area contributed by atoms with Gasteiger partial charge in [-0.3, -0.25) is 4.79 Å². The third-order valence-corrected chi connectivity index (χ3v) is 4.81. The molecule has 0 unspecified atom stereocenters. The van der Waals surface area contributed by atoms with Crippen molar-refractivity contribution in [3.05, 3.63) is 54.1 Å². The number of carbonyl (C=O) groups is 1. The second kappa shape index (κ2) is 9.97. The summed E-state index contributed by atoms with van der Waals surface area (Å²) in [5.41, 5.74) is 3.24. The molecule has 1 aliphatic heterocycles. The Balaban J connectivity index is 1.45. The Hall–Kier alpha value is -2.53. The lowest BCUT2D eigenvalue weighted by molar-refractivity contribution is -0.116. The van der Waals surface area contributed by atoms with Crippen molar-refractivity contribution < 1.29 is 14.3 Å². The van der Waals surface area contributed by atoms with E-state index in [4.69, 9.17) is 9.47 Å². The van der Waals surface area contributed by atoms with Gasteiger partial charge in [-0.05, 0) is 49.1 Å². The number of nitrogens with zero attached hydrogens (tertiary/aromatic N) is 1. The van der Waals surface area contributed by atoms with Crippen molar-refractivity contribution >= 4 is 17.3 Å². The Morgan fingerprint density at radius 3 is 2.56 bits per heavy atom. The van der Waals surface area contributed by atoms with Gasteiger partial charge in [0, 0.05) is 19.5 Å². The summed E-state index contributed by atoms with van der Waals surface area (Å²) in [4.78, 5) is 14.6. The van der Waals surface area contributed by atoms with Crippen LogP contribution in [0.15, 0.2) is 48.5 Å². The molecule has 1 saturated heterocycles. The molecule has 5 nitrogen and oxygen atoms in total. The maximum atomic E-state index is 12.4. The minimum atomic E-state index is 0.0745. The first-order valence-corrected chi connectivity index (χ1v) is 9.61. The van der Waals surface area contributed by atoms with Crippen molar-refractivity contribution in [2.24, 2.45) is 0 Å². The Morgan fingerprint density at radius 2 is 1.81 bits per heavy atom. The molecule has 2 aromatic carbocycles. The molecule has 1 fully saturated rings. The van der Waals surface area contributed by atoms with Gasteiger partial charge in [-0.15, -0.1) is 0 Å². The smallest absolute Gasteiger partial charge is 0.224 e. The normalized spacial score (nSPS) is 14.0. The Labute approximate surface area is 161 Å². The standard InChI is InChI=1S/C22H28N2O3/c1-26-19-12-10-18(11-13-19)6-2-5-9-22(25)23-20-7-3-4-8-21(20)24-14-16-27-17-15-24/h3-4,7-8,10-13H,2,5-6,9,14-17H2,1H3,(H,23,25). The first-order valence-electron chi connectivity index (χ1n) is 9.61. The number of para-hydroxylation sites is 2. The van der Waals surface area contributed by atoms with Gasteiger partial charge in [0.05, 0.1) is 31.7 Å². The number of ether oxygens (including phenoxy) is 2. The Kier molecular flexibility index (Phi) is 7.11. The van der Waals surface area contributed by atoms with Gasteiger partial charge < -0.3 is 19.7 Å². The van der Waals surface area contributed by atoms with Gasteiger partial charge in [0.15, 0.2) is 0 Å². The lowest BCUT2D eigenvalue weighted by atomic mass is 10.1. The second-order valence-corrected chi connectivity index (χ2v) is 6.72. The lowest BCUT2D eigenvalue weighted by Crippen LogP contribution is -2.36. The summed E-state index contributed by atoms with van der Waals surface area (Å²) < 4.78 is 10.6. The minimum Gasteiger partial charge on any atom is -0.497 e. The minimum absolute atomic E-state index is 0.0745. The highest BCUT2D eigenvalue weighted by Crippen LogP contribution is 2.26. The fraction of sp³-hybridized carbons (Fsp3) is 0.409. The van der Waals surface area contributed by atoms with Crippen molar-refractivity contribution in [1.29, 1.82) is 0 Å². The average molecular weight is 368 g/mol. The predicted octanol–water partition coefficient (Wildman–Crippen LogP) is 3.88. The summed E-state index contributed by atoms with van der Waals surface area (Å²) in [7, 11) is 1.67. The highest BCUT2D eigenvalue weighted by Gasteiger charge is 2.15. The van der Waals surface area contributed by atoms with Crippen LogP contribution >= 0.6 is 0 Å². The van der Waals surface area contributed by atoms with E-state index in [-0.39, 0.29) is 5.91 Å². The van der Waals surface area contributed by atoms with Crippen molar-refractivity contribution in [3.63, 3.8) is 0 Å². The summed E-state index contributed by atoms with van der Waals surface area (Å²) in [5, 5.41) is 3.08. The zero-order valence-corrected chi connectivity index (χ0v) is 15.9. The molecular formula is C22H28N2O3. The van der Waals surface area contributed by atoms with Gasteiger partial charge in [-0.2, -0.15) is 0 Å². The highest BCUT2D eigenvalue weighted by atomic mass is 16.5. The van der Waals surface area contributed by atoms with E-state index in [2.05, 4.69) is 28.4 Å². The number of nitrogens with one attached hydrogen (secondary N) is 1. The molecule has 27 heavy (non-hydrogen) atoms. The molecule has 1 amide bonds. The van der Waals surface area contributed by atoms with Crippen molar-refractivity contribution in [3.8, 4) is 5.75 Å². The zero-order chi connectivity index (χ0) is 18.9. The quantitative estimate of drug-likeness (QED) is 0.719. The number of hydrogen-bond donors (Lipinski definition) is 1. The van der Waals surface area contributed by atoms with Crippen molar-refractivity contribution in [1.82, 2.24) is 0 Å². The van der Waals surface area contributed by atoms with Crippen LogP contribution in [0.25, 0.3) is 0 Å². The number of aryl methyl sites for hydroxylation is 1. The van der Waals surface area contributed by atoms with Crippen LogP contribution in [0.2, 0.25) is 0 Å². The molecule has 3 rings (SSSR count). The first-order chi connectivity index (χ1) is 13.3. The maximum Gasteiger partial charge on any atom is 0.224 e. The average Bonchev–Trinajstić information content (AvgIpc) is 2.73. The number of anilines is 2. The molecule has 144 valence electrons. The largest absolute Gasteiger partial charge is 0.497 e. The molecule has 0 radical (unpaired) electrons. The van der Waals surface area contributed by atoms with Gasteiger partial charge in [0.25, 0.3) is 0 Å². The number of rotatable bonds is 8. The van der Waals surface area contributed by atoms with Gasteiger partial charge in [0.1, 0.15) is 5.75 Å². The van der Waals surface area contributed by atoms with Gasteiger partial charge in [0.2, 0.25) is 5.91 Å². The molecule has 1 N–H and O–H groups in total. The number of amides is 1. The number of unbranched alkanes of at least 4 members (excludes halogenated alkanes) is 1. The van der Waals surface area contributed by atoms with Crippen LogP contribution < -0.4 is 15.0 Å². The van der Waals surface area contributed by atoms with Gasteiger partial charge >= 0.3 is 0 Å². The molecule has 1 heterocycles. The van der Waals surface area contributed by atoms with E-state index in [1.807, 2.05) is 30.3 Å². The molecule has 0 spiro atoms. The summed E-state index contributed by atoms with van der Waals surface area (Å²) in [6, 6.07) is 16.1. The molecule has 0 atom stereocenters. The SMILES string of the molecule is COc1ccc(CCCCC(=O)Nc2ccccc2N2CCOCC2)cc1. The molecule has 0 aliphatic carbocycles. The Morgan fingerprint density at radius 1 is 1.07 bits per heavy atom. The van der Waals surface area contributed by atoms with Crippen LogP contribution in [0.4, 0.5) is 11.4 Å². The summed E-state index contributed by atoms with van der Waals surface area (Å²) in [6.07, 6.45) is 3.37. The van der Waals surface area contributed by atoms with Crippen LogP contribution in [0.3, 0.4) is 0 Å². The molecule has 0 aromatic heterocycles. The molecule has 0 saturated carbocycles.